The predicted molar refractivity (Wildman–Crippen MR) is 67.6 cm³/mol. The molecule has 122 valence electrons. The summed E-state index contributed by atoms with van der Waals surface area (Å²) in [4.78, 5) is 1.24. The van der Waals surface area contributed by atoms with Gasteiger partial charge in [0.1, 0.15) is 16.2 Å². The average molecular weight is 316 g/mol. The zero-order valence-corrected chi connectivity index (χ0v) is 12.0. The maximum atomic E-state index is 10.6. The van der Waals surface area contributed by atoms with Crippen LogP contribution in [-0.4, -0.2) is 93.4 Å². The first-order valence-corrected chi connectivity index (χ1v) is 7.54. The van der Waals surface area contributed by atoms with Crippen LogP contribution in [0.15, 0.2) is 0 Å². The third-order valence-electron chi connectivity index (χ3n) is 3.32. The Hall–Kier alpha value is -0.330. The molecule has 0 aliphatic carbocycles. The van der Waals surface area contributed by atoms with Crippen LogP contribution in [0.1, 0.15) is 13.3 Å². The topological polar surface area (TPSA) is 162 Å². The lowest BCUT2D eigenvalue weighted by Gasteiger charge is -2.42. The minimum Gasteiger partial charge on any atom is -0.746 e. The molecule has 2 unspecified atom stereocenters. The Morgan fingerprint density at radius 2 is 1.70 bits per heavy atom. The van der Waals surface area contributed by atoms with Crippen LogP contribution in [-0.2, 0) is 10.1 Å². The molecule has 0 saturated carbocycles. The lowest BCUT2D eigenvalue weighted by atomic mass is 9.95. The first-order valence-electron chi connectivity index (χ1n) is 6.07. The minimum absolute atomic E-state index is 0.0857. The highest BCUT2D eigenvalue weighted by molar-refractivity contribution is 7.86. The van der Waals surface area contributed by atoms with Crippen LogP contribution in [0.25, 0.3) is 0 Å². The van der Waals surface area contributed by atoms with E-state index in [1.165, 1.54) is 4.90 Å². The van der Waals surface area contributed by atoms with Crippen LogP contribution in [0.2, 0.25) is 0 Å². The summed E-state index contributed by atoms with van der Waals surface area (Å²) in [6.07, 6.45) is -1.68. The van der Waals surface area contributed by atoms with E-state index < -0.39 is 47.0 Å². The Morgan fingerprint density at radius 3 is 2.00 bits per heavy atom. The number of nitrogens with zero attached hydrogens (tertiary/aromatic N) is 1. The van der Waals surface area contributed by atoms with E-state index in [-0.39, 0.29) is 19.6 Å². The van der Waals surface area contributed by atoms with Gasteiger partial charge in [0, 0.05) is 13.1 Å². The van der Waals surface area contributed by atoms with Gasteiger partial charge in [-0.05, 0) is 6.42 Å². The molecule has 0 fully saturated rings. The summed E-state index contributed by atoms with van der Waals surface area (Å²) in [7, 11) is -5.09. The van der Waals surface area contributed by atoms with Crippen molar-refractivity contribution in [3.05, 3.63) is 0 Å². The standard InChI is InChI=1S/C10H23NO8S/c1-2-10(6-13,7-14)11(3-4-12)5-8(15)9(16)20(17,18)19/h8-9,12-16H,2-7H2,1H3,(H,17,18,19)/p-1. The highest BCUT2D eigenvalue weighted by atomic mass is 32.2. The fourth-order valence-electron chi connectivity index (χ4n) is 1.85. The number of rotatable bonds is 10. The van der Waals surface area contributed by atoms with Gasteiger partial charge in [-0.1, -0.05) is 6.92 Å². The van der Waals surface area contributed by atoms with Crippen LogP contribution in [0.3, 0.4) is 0 Å². The lowest BCUT2D eigenvalue weighted by Crippen LogP contribution is -2.58. The van der Waals surface area contributed by atoms with E-state index in [9.17, 15) is 33.4 Å². The van der Waals surface area contributed by atoms with E-state index in [4.69, 9.17) is 5.11 Å². The Balaban J connectivity index is 5.12. The molecule has 10 heteroatoms. The van der Waals surface area contributed by atoms with Crippen molar-refractivity contribution in [2.24, 2.45) is 0 Å². The summed E-state index contributed by atoms with van der Waals surface area (Å²) in [6.45, 7) is -0.339. The van der Waals surface area contributed by atoms with Gasteiger partial charge in [-0.2, -0.15) is 0 Å². The number of hydrogen-bond donors (Lipinski definition) is 5. The van der Waals surface area contributed by atoms with E-state index in [0.29, 0.717) is 0 Å². The number of aliphatic hydroxyl groups excluding tert-OH is 5. The van der Waals surface area contributed by atoms with Gasteiger partial charge >= 0.3 is 0 Å². The van der Waals surface area contributed by atoms with Gasteiger partial charge in [-0.25, -0.2) is 8.42 Å². The Kier molecular flexibility index (Phi) is 8.06. The second-order valence-electron chi connectivity index (χ2n) is 4.51. The summed E-state index contributed by atoms with van der Waals surface area (Å²) >= 11 is 0. The molecular formula is C10H22NO8S-. The summed E-state index contributed by atoms with van der Waals surface area (Å²) in [5, 5.41) is 46.5. The number of hydrogen-bond acceptors (Lipinski definition) is 9. The van der Waals surface area contributed by atoms with Gasteiger partial charge in [0.05, 0.1) is 25.4 Å². The van der Waals surface area contributed by atoms with Crippen molar-refractivity contribution < 1.29 is 38.5 Å². The third kappa shape index (κ3) is 4.90. The monoisotopic (exact) mass is 316 g/mol. The zero-order chi connectivity index (χ0) is 16.0. The fourth-order valence-corrected chi connectivity index (χ4v) is 2.32. The average Bonchev–Trinajstić information content (AvgIpc) is 2.39. The number of aliphatic hydroxyl groups is 5. The Bertz CT molecular complexity index is 361. The van der Waals surface area contributed by atoms with Crippen molar-refractivity contribution in [2.45, 2.75) is 30.4 Å². The third-order valence-corrected chi connectivity index (χ3v) is 4.23. The summed E-state index contributed by atoms with van der Waals surface area (Å²) in [6, 6.07) is 0. The summed E-state index contributed by atoms with van der Waals surface area (Å²) < 4.78 is 31.9. The van der Waals surface area contributed by atoms with E-state index in [1.807, 2.05) is 0 Å². The van der Waals surface area contributed by atoms with Crippen molar-refractivity contribution in [1.82, 2.24) is 4.90 Å². The number of β-amino-alcohol motifs (C(OH)–C–C–N with tert-alkyl or cyclic N) is 2. The molecule has 0 aromatic rings. The molecule has 20 heavy (non-hydrogen) atoms. The molecular weight excluding hydrogens is 294 g/mol. The molecule has 0 saturated heterocycles. The van der Waals surface area contributed by atoms with Crippen molar-refractivity contribution >= 4 is 10.1 Å². The minimum atomic E-state index is -5.09. The molecule has 0 aliphatic heterocycles. The molecule has 0 radical (unpaired) electrons. The molecule has 0 aliphatic rings. The summed E-state index contributed by atoms with van der Waals surface area (Å²) in [5.41, 5.74) is -3.72. The van der Waals surface area contributed by atoms with Crippen LogP contribution < -0.4 is 0 Å². The van der Waals surface area contributed by atoms with Crippen LogP contribution in [0.5, 0.6) is 0 Å². The van der Waals surface area contributed by atoms with Crippen LogP contribution in [0, 0.1) is 0 Å². The first-order chi connectivity index (χ1) is 9.18. The Labute approximate surface area is 117 Å². The molecule has 0 aromatic heterocycles. The maximum Gasteiger partial charge on any atom is 0.170 e. The van der Waals surface area contributed by atoms with Gasteiger partial charge in [-0.3, -0.25) is 4.90 Å². The first kappa shape index (κ1) is 19.7. The maximum absolute atomic E-state index is 10.6. The smallest absolute Gasteiger partial charge is 0.170 e. The van der Waals surface area contributed by atoms with Crippen molar-refractivity contribution in [3.8, 4) is 0 Å². The van der Waals surface area contributed by atoms with Gasteiger partial charge in [-0.15, -0.1) is 0 Å². The van der Waals surface area contributed by atoms with Crippen molar-refractivity contribution in [3.63, 3.8) is 0 Å². The molecule has 2 atom stereocenters. The quantitative estimate of drug-likeness (QED) is 0.259. The molecule has 0 heterocycles. The van der Waals surface area contributed by atoms with Crippen LogP contribution in [0.4, 0.5) is 0 Å². The fraction of sp³-hybridized carbons (Fsp3) is 1.00. The van der Waals surface area contributed by atoms with Gasteiger partial charge in [0.2, 0.25) is 0 Å². The second kappa shape index (κ2) is 8.20. The van der Waals surface area contributed by atoms with E-state index in [0.717, 1.165) is 0 Å². The molecule has 0 spiro atoms. The molecule has 9 nitrogen and oxygen atoms in total. The summed E-state index contributed by atoms with van der Waals surface area (Å²) in [5.74, 6) is 0. The van der Waals surface area contributed by atoms with E-state index >= 15 is 0 Å². The van der Waals surface area contributed by atoms with Gasteiger partial charge < -0.3 is 30.1 Å². The molecule has 5 N–H and O–H groups in total. The normalized spacial score (nSPS) is 16.4. The molecule has 0 rings (SSSR count). The van der Waals surface area contributed by atoms with Gasteiger partial charge in [0.15, 0.2) is 5.44 Å². The van der Waals surface area contributed by atoms with Gasteiger partial charge in [0.25, 0.3) is 0 Å². The highest BCUT2D eigenvalue weighted by Gasteiger charge is 2.36. The lowest BCUT2D eigenvalue weighted by molar-refractivity contribution is -0.0562. The molecule has 0 amide bonds. The van der Waals surface area contributed by atoms with E-state index in [1.54, 1.807) is 6.92 Å². The van der Waals surface area contributed by atoms with E-state index in [2.05, 4.69) is 0 Å². The predicted octanol–water partition coefficient (Wildman–Crippen LogP) is -3.36. The largest absolute Gasteiger partial charge is 0.746 e. The second-order valence-corrected chi connectivity index (χ2v) is 5.98. The Morgan fingerprint density at radius 1 is 1.20 bits per heavy atom. The van der Waals surface area contributed by atoms with Crippen molar-refractivity contribution in [2.75, 3.05) is 32.9 Å². The SMILES string of the molecule is CCC(CO)(CO)N(CCO)CC(O)C(O)S(=O)(=O)[O-]. The zero-order valence-electron chi connectivity index (χ0n) is 11.2. The van der Waals surface area contributed by atoms with Crippen molar-refractivity contribution in [1.29, 1.82) is 0 Å². The highest BCUT2D eigenvalue weighted by Crippen LogP contribution is 2.20. The molecule has 0 bridgehead atoms. The van der Waals surface area contributed by atoms with Crippen LogP contribution >= 0.6 is 0 Å². The molecule has 0 aromatic carbocycles.